The van der Waals surface area contributed by atoms with E-state index in [2.05, 4.69) is 5.32 Å². The lowest BCUT2D eigenvalue weighted by atomic mass is 10.0. The predicted octanol–water partition coefficient (Wildman–Crippen LogP) is 5.82. The highest BCUT2D eigenvalue weighted by atomic mass is 35.5. The molecule has 0 fully saturated rings. The Balaban J connectivity index is 2.12. The van der Waals surface area contributed by atoms with Crippen molar-refractivity contribution in [1.82, 2.24) is 10.2 Å². The molecule has 0 aliphatic heterocycles. The van der Waals surface area contributed by atoms with E-state index in [0.717, 1.165) is 23.3 Å². The minimum atomic E-state index is -4.90. The molecule has 2 atom stereocenters. The van der Waals surface area contributed by atoms with Crippen LogP contribution in [0.4, 0.5) is 23.2 Å². The maximum absolute atomic E-state index is 14.8. The topological polar surface area (TPSA) is 86.8 Å². The first-order valence-electron chi connectivity index (χ1n) is 13.3. The van der Waals surface area contributed by atoms with E-state index in [1.54, 1.807) is 43.3 Å². The molecule has 0 saturated heterocycles. The van der Waals surface area contributed by atoms with Gasteiger partial charge >= 0.3 is 6.18 Å². The number of amides is 2. The van der Waals surface area contributed by atoms with Crippen molar-refractivity contribution in [3.63, 3.8) is 0 Å². The van der Waals surface area contributed by atoms with Crippen molar-refractivity contribution in [3.05, 3.63) is 100 Å². The normalized spacial score (nSPS) is 13.2. The van der Waals surface area contributed by atoms with Crippen LogP contribution >= 0.6 is 11.6 Å². The zero-order valence-electron chi connectivity index (χ0n) is 23.7. The van der Waals surface area contributed by atoms with Crippen molar-refractivity contribution < 1.29 is 35.6 Å². The first-order chi connectivity index (χ1) is 20.1. The summed E-state index contributed by atoms with van der Waals surface area (Å²) in [6.07, 6.45) is -3.58. The Hall–Kier alpha value is -3.64. The number of hydrogen-bond donors (Lipinski definition) is 1. The van der Waals surface area contributed by atoms with Gasteiger partial charge in [-0.25, -0.2) is 12.8 Å². The van der Waals surface area contributed by atoms with Gasteiger partial charge in [0, 0.05) is 24.6 Å². The number of rotatable bonds is 12. The van der Waals surface area contributed by atoms with Gasteiger partial charge in [-0.1, -0.05) is 67.1 Å². The summed E-state index contributed by atoms with van der Waals surface area (Å²) >= 11 is 5.72. The number of nitrogens with zero attached hydrogens (tertiary/aromatic N) is 2. The maximum Gasteiger partial charge on any atom is 0.417 e. The summed E-state index contributed by atoms with van der Waals surface area (Å²) in [5.41, 5.74) is -1.01. The standard InChI is InChI=1S/C30H32ClF4N3O4S/c1-4-20(2)36-29(40)27(16-21-10-6-5-7-11-21)37(18-22-12-8-9-13-26(22)32)28(39)19-38(43(3,41)42)23-14-15-25(31)24(17-23)30(33,34)35/h5-15,17,20,27H,4,16,18-19H2,1-3H3,(H,36,40)/t20-,27-/m0/s1. The molecule has 0 spiro atoms. The Bertz CT molecular complexity index is 1540. The first-order valence-corrected chi connectivity index (χ1v) is 15.6. The molecule has 3 aromatic rings. The molecular weight excluding hydrogens is 610 g/mol. The first kappa shape index (κ1) is 33.9. The number of anilines is 1. The van der Waals surface area contributed by atoms with Gasteiger partial charge in [0.05, 0.1) is 22.5 Å². The minimum absolute atomic E-state index is 0.00133. The largest absolute Gasteiger partial charge is 0.417 e. The molecule has 232 valence electrons. The number of benzene rings is 3. The van der Waals surface area contributed by atoms with Gasteiger partial charge in [-0.2, -0.15) is 13.2 Å². The van der Waals surface area contributed by atoms with E-state index in [1.165, 1.54) is 18.2 Å². The number of alkyl halides is 3. The molecule has 0 unspecified atom stereocenters. The lowest BCUT2D eigenvalue weighted by Gasteiger charge is -2.34. The summed E-state index contributed by atoms with van der Waals surface area (Å²) < 4.78 is 81.7. The molecule has 13 heteroatoms. The molecule has 7 nitrogen and oxygen atoms in total. The molecule has 43 heavy (non-hydrogen) atoms. The second-order valence-electron chi connectivity index (χ2n) is 10.1. The van der Waals surface area contributed by atoms with Crippen LogP contribution in [0, 0.1) is 5.82 Å². The maximum atomic E-state index is 14.8. The third-order valence-electron chi connectivity index (χ3n) is 6.79. The van der Waals surface area contributed by atoms with Crippen molar-refractivity contribution in [2.24, 2.45) is 0 Å². The van der Waals surface area contributed by atoms with Gasteiger partial charge in [0.15, 0.2) is 0 Å². The lowest BCUT2D eigenvalue weighted by Crippen LogP contribution is -2.54. The highest BCUT2D eigenvalue weighted by molar-refractivity contribution is 7.92. The summed E-state index contributed by atoms with van der Waals surface area (Å²) in [4.78, 5) is 28.7. The van der Waals surface area contributed by atoms with Crippen molar-refractivity contribution in [1.29, 1.82) is 0 Å². The van der Waals surface area contributed by atoms with Crippen LogP contribution in [-0.4, -0.2) is 50.0 Å². The van der Waals surface area contributed by atoms with Gasteiger partial charge in [0.1, 0.15) is 18.4 Å². The van der Waals surface area contributed by atoms with Crippen molar-refractivity contribution in [2.75, 3.05) is 17.1 Å². The van der Waals surface area contributed by atoms with Crippen LogP contribution in [0.15, 0.2) is 72.8 Å². The fourth-order valence-corrected chi connectivity index (χ4v) is 5.37. The molecule has 0 aromatic heterocycles. The smallest absolute Gasteiger partial charge is 0.352 e. The Morgan fingerprint density at radius 3 is 2.21 bits per heavy atom. The molecule has 0 heterocycles. The number of hydrogen-bond acceptors (Lipinski definition) is 4. The van der Waals surface area contributed by atoms with Gasteiger partial charge < -0.3 is 10.2 Å². The Kier molecular flexibility index (Phi) is 11.2. The molecule has 1 N–H and O–H groups in total. The van der Waals surface area contributed by atoms with Gasteiger partial charge in [0.25, 0.3) is 0 Å². The Morgan fingerprint density at radius 2 is 1.63 bits per heavy atom. The zero-order valence-corrected chi connectivity index (χ0v) is 25.3. The van der Waals surface area contributed by atoms with E-state index < -0.39 is 69.2 Å². The van der Waals surface area contributed by atoms with Crippen molar-refractivity contribution in [2.45, 2.75) is 51.5 Å². The monoisotopic (exact) mass is 641 g/mol. The van der Waals surface area contributed by atoms with E-state index >= 15 is 0 Å². The number of carbonyl (C=O) groups excluding carboxylic acids is 2. The van der Waals surface area contributed by atoms with Crippen LogP contribution in [0.1, 0.15) is 37.0 Å². The number of nitrogens with one attached hydrogen (secondary N) is 1. The fraction of sp³-hybridized carbons (Fsp3) is 0.333. The van der Waals surface area contributed by atoms with Crippen LogP contribution in [0.25, 0.3) is 0 Å². The van der Waals surface area contributed by atoms with Gasteiger partial charge in [0.2, 0.25) is 21.8 Å². The molecule has 0 aliphatic carbocycles. The fourth-order valence-electron chi connectivity index (χ4n) is 4.30. The van der Waals surface area contributed by atoms with Crippen LogP contribution in [0.2, 0.25) is 5.02 Å². The van der Waals surface area contributed by atoms with E-state index in [0.29, 0.717) is 22.4 Å². The number of sulfonamides is 1. The average Bonchev–Trinajstić information content (AvgIpc) is 2.94. The highest BCUT2D eigenvalue weighted by Crippen LogP contribution is 2.37. The van der Waals surface area contributed by atoms with E-state index in [1.807, 2.05) is 6.92 Å². The highest BCUT2D eigenvalue weighted by Gasteiger charge is 2.36. The molecule has 3 rings (SSSR count). The molecule has 3 aromatic carbocycles. The summed E-state index contributed by atoms with van der Waals surface area (Å²) in [5, 5.41) is 2.18. The Morgan fingerprint density at radius 1 is 1.00 bits per heavy atom. The molecule has 0 bridgehead atoms. The summed E-state index contributed by atoms with van der Waals surface area (Å²) in [6.45, 7) is 2.24. The van der Waals surface area contributed by atoms with Crippen LogP contribution in [0.5, 0.6) is 0 Å². The minimum Gasteiger partial charge on any atom is -0.352 e. The number of carbonyl (C=O) groups is 2. The van der Waals surface area contributed by atoms with Gasteiger partial charge in [-0.05, 0) is 43.2 Å². The van der Waals surface area contributed by atoms with E-state index in [-0.39, 0.29) is 18.0 Å². The second kappa shape index (κ2) is 14.2. The van der Waals surface area contributed by atoms with Crippen LogP contribution in [-0.2, 0) is 38.8 Å². The van der Waals surface area contributed by atoms with Crippen LogP contribution < -0.4 is 9.62 Å². The third kappa shape index (κ3) is 9.17. The summed E-state index contributed by atoms with van der Waals surface area (Å²) in [5.74, 6) is -2.15. The SMILES string of the molecule is CC[C@H](C)NC(=O)[C@H](Cc1ccccc1)N(Cc1ccccc1F)C(=O)CN(c1ccc(Cl)c(C(F)(F)F)c1)S(C)(=O)=O. The van der Waals surface area contributed by atoms with Crippen LogP contribution in [0.3, 0.4) is 0 Å². The zero-order chi connectivity index (χ0) is 31.9. The van der Waals surface area contributed by atoms with Gasteiger partial charge in [-0.3, -0.25) is 13.9 Å². The van der Waals surface area contributed by atoms with Crippen molar-refractivity contribution in [3.8, 4) is 0 Å². The summed E-state index contributed by atoms with van der Waals surface area (Å²) in [7, 11) is -4.33. The molecule has 2 amide bonds. The summed E-state index contributed by atoms with van der Waals surface area (Å²) in [6, 6.07) is 15.3. The van der Waals surface area contributed by atoms with Gasteiger partial charge in [-0.15, -0.1) is 0 Å². The molecular formula is C30H32ClF4N3O4S. The van der Waals surface area contributed by atoms with Crippen molar-refractivity contribution >= 4 is 39.1 Å². The average molecular weight is 642 g/mol. The number of halogens is 5. The van der Waals surface area contributed by atoms with E-state index in [9.17, 15) is 35.6 Å². The predicted molar refractivity (Wildman–Crippen MR) is 157 cm³/mol. The van der Waals surface area contributed by atoms with E-state index in [4.69, 9.17) is 11.6 Å². The Labute approximate surface area is 253 Å². The lowest BCUT2D eigenvalue weighted by molar-refractivity contribution is -0.140. The molecule has 0 saturated carbocycles. The second-order valence-corrected chi connectivity index (χ2v) is 12.4. The molecule has 0 aliphatic rings. The third-order valence-corrected chi connectivity index (χ3v) is 8.26. The quantitative estimate of drug-likeness (QED) is 0.253. The molecule has 0 radical (unpaired) electrons.